The van der Waals surface area contributed by atoms with Crippen molar-refractivity contribution in [2.24, 2.45) is 0 Å². The Bertz CT molecular complexity index is 880. The molecule has 0 amide bonds. The third-order valence-corrected chi connectivity index (χ3v) is 5.42. The molecule has 4 rings (SSSR count). The molecule has 4 heteroatoms. The summed E-state index contributed by atoms with van der Waals surface area (Å²) in [5.41, 5.74) is 7.57. The summed E-state index contributed by atoms with van der Waals surface area (Å²) >= 11 is 0. The fourth-order valence-electron chi connectivity index (χ4n) is 4.02. The van der Waals surface area contributed by atoms with Crippen molar-refractivity contribution in [1.29, 1.82) is 0 Å². The summed E-state index contributed by atoms with van der Waals surface area (Å²) in [7, 11) is 0. The first-order valence-electron chi connectivity index (χ1n) is 9.14. The Morgan fingerprint density at radius 2 is 0.767 bits per heavy atom. The van der Waals surface area contributed by atoms with E-state index in [0.29, 0.717) is 0 Å². The van der Waals surface area contributed by atoms with Gasteiger partial charge in [-0.05, 0) is 16.7 Å². The van der Waals surface area contributed by atoms with Gasteiger partial charge >= 0.3 is 21.7 Å². The van der Waals surface area contributed by atoms with Gasteiger partial charge in [0.1, 0.15) is 0 Å². The summed E-state index contributed by atoms with van der Waals surface area (Å²) in [4.78, 5) is 0. The average Bonchev–Trinajstić information content (AvgIpc) is 3.04. The van der Waals surface area contributed by atoms with Crippen molar-refractivity contribution in [1.82, 2.24) is 0 Å². The minimum Gasteiger partial charge on any atom is -1.00 e. The molecule has 0 atom stereocenters. The Labute approximate surface area is 213 Å². The molecule has 4 aromatic rings. The molecule has 0 unspecified atom stereocenters. The van der Waals surface area contributed by atoms with E-state index in [1.54, 1.807) is 0 Å². The van der Waals surface area contributed by atoms with Gasteiger partial charge in [0.15, 0.2) is 0 Å². The van der Waals surface area contributed by atoms with Crippen LogP contribution >= 0.6 is 0 Å². The summed E-state index contributed by atoms with van der Waals surface area (Å²) < 4.78 is 0. The fraction of sp³-hybridized carbons (Fsp3) is 0.115. The van der Waals surface area contributed by atoms with Crippen molar-refractivity contribution in [3.63, 3.8) is 0 Å². The quantitative estimate of drug-likeness (QED) is 0.168. The van der Waals surface area contributed by atoms with Gasteiger partial charge in [0.2, 0.25) is 0 Å². The minimum atomic E-state index is -0.317. The van der Waals surface area contributed by atoms with Crippen molar-refractivity contribution < 1.29 is 58.9 Å². The zero-order valence-electron chi connectivity index (χ0n) is 16.9. The maximum Gasteiger partial charge on any atom is 4.00 e. The van der Waals surface area contributed by atoms with Gasteiger partial charge in [0.05, 0.1) is 0 Å². The summed E-state index contributed by atoms with van der Waals surface area (Å²) in [6.07, 6.45) is 0. The van der Waals surface area contributed by atoms with Crippen molar-refractivity contribution in [3.8, 4) is 0 Å². The Morgan fingerprint density at radius 1 is 0.500 bits per heavy atom. The van der Waals surface area contributed by atoms with Crippen molar-refractivity contribution in [2.75, 3.05) is 0 Å². The largest absolute Gasteiger partial charge is 4.00 e. The van der Waals surface area contributed by atoms with E-state index in [9.17, 15) is 0 Å². The monoisotopic (exact) mass is 488 g/mol. The molecule has 0 spiro atoms. The number of halogens is 3. The van der Waals surface area contributed by atoms with E-state index < -0.39 is 0 Å². The SMILES string of the molecule is Cc1c[c-](C(c2ccccc2)(c2ccccc2)c2ccccc2)cc1C.[Cl-].[Cl-].[Cl-].[Ti+4]. The molecular weight excluding hydrogens is 467 g/mol. The summed E-state index contributed by atoms with van der Waals surface area (Å²) in [5, 5.41) is 0. The molecule has 0 aliphatic heterocycles. The molecule has 0 fully saturated rings. The second-order valence-corrected chi connectivity index (χ2v) is 6.96. The van der Waals surface area contributed by atoms with E-state index in [1.165, 1.54) is 33.4 Å². The zero-order valence-corrected chi connectivity index (χ0v) is 20.8. The van der Waals surface area contributed by atoms with Crippen LogP contribution < -0.4 is 37.2 Å². The number of aryl methyl sites for hydroxylation is 2. The van der Waals surface area contributed by atoms with Gasteiger partial charge in [0.25, 0.3) is 0 Å². The van der Waals surface area contributed by atoms with E-state index in [2.05, 4.69) is 117 Å². The second-order valence-electron chi connectivity index (χ2n) is 6.96. The van der Waals surface area contributed by atoms with E-state index in [4.69, 9.17) is 0 Å². The van der Waals surface area contributed by atoms with Gasteiger partial charge in [-0.15, -0.1) is 5.56 Å². The van der Waals surface area contributed by atoms with Crippen LogP contribution in [0.25, 0.3) is 0 Å². The second kappa shape index (κ2) is 12.4. The van der Waals surface area contributed by atoms with Gasteiger partial charge in [-0.2, -0.15) is 23.3 Å². The molecule has 0 nitrogen and oxygen atoms in total. The third-order valence-electron chi connectivity index (χ3n) is 5.42. The Kier molecular flexibility index (Phi) is 11.9. The summed E-state index contributed by atoms with van der Waals surface area (Å²) in [6.45, 7) is 4.40. The normalized spacial score (nSPS) is 9.93. The molecule has 152 valence electrons. The van der Waals surface area contributed by atoms with Gasteiger partial charge in [-0.1, -0.05) is 105 Å². The molecule has 0 heterocycles. The van der Waals surface area contributed by atoms with Crippen LogP contribution in [-0.4, -0.2) is 0 Å². The molecule has 0 saturated heterocycles. The number of rotatable bonds is 4. The van der Waals surface area contributed by atoms with Gasteiger partial charge in [0, 0.05) is 5.41 Å². The number of hydrogen-bond donors (Lipinski definition) is 0. The van der Waals surface area contributed by atoms with Crippen LogP contribution in [0.2, 0.25) is 0 Å². The van der Waals surface area contributed by atoms with Gasteiger partial charge in [-0.25, -0.2) is 0 Å². The van der Waals surface area contributed by atoms with E-state index in [1.807, 2.05) is 0 Å². The minimum absolute atomic E-state index is 0. The first kappa shape index (κ1) is 28.6. The zero-order chi connectivity index (χ0) is 18.0. The van der Waals surface area contributed by atoms with Crippen LogP contribution in [0, 0.1) is 13.8 Å². The number of hydrogen-bond acceptors (Lipinski definition) is 0. The standard InChI is InChI=1S/C26H23.3ClH.Ti/c1-20-18-25(19-21(20)2)26(22-12-6-3-7-13-22,23-14-8-4-9-15-23)24-16-10-5-11-17-24;;;;/h3-19H,1-2H3;3*1H;/q-1;;;;+4/p-3. The van der Waals surface area contributed by atoms with Crippen LogP contribution in [-0.2, 0) is 27.1 Å². The van der Waals surface area contributed by atoms with Crippen LogP contribution in [0.4, 0.5) is 0 Å². The molecule has 0 bridgehead atoms. The fourth-order valence-corrected chi connectivity index (χ4v) is 4.02. The first-order valence-corrected chi connectivity index (χ1v) is 9.14. The molecule has 0 aromatic heterocycles. The van der Waals surface area contributed by atoms with Gasteiger partial charge in [-0.3, -0.25) is 0 Å². The molecule has 0 aliphatic rings. The summed E-state index contributed by atoms with van der Waals surface area (Å²) in [6, 6.07) is 37.3. The van der Waals surface area contributed by atoms with Crippen LogP contribution in [0.15, 0.2) is 103 Å². The molecule has 0 saturated carbocycles. The average molecular weight is 490 g/mol. The van der Waals surface area contributed by atoms with Crippen LogP contribution in [0.1, 0.15) is 33.4 Å². The maximum atomic E-state index is 2.35. The van der Waals surface area contributed by atoms with Crippen molar-refractivity contribution >= 4 is 0 Å². The topological polar surface area (TPSA) is 0 Å². The van der Waals surface area contributed by atoms with Crippen LogP contribution in [0.3, 0.4) is 0 Å². The predicted molar refractivity (Wildman–Crippen MR) is 110 cm³/mol. The summed E-state index contributed by atoms with van der Waals surface area (Å²) in [5.74, 6) is 0. The maximum absolute atomic E-state index is 2.35. The molecule has 0 N–H and O–H groups in total. The molecule has 0 aliphatic carbocycles. The van der Waals surface area contributed by atoms with E-state index in [-0.39, 0.29) is 64.4 Å². The van der Waals surface area contributed by atoms with Crippen LogP contribution in [0.5, 0.6) is 0 Å². The number of benzene rings is 3. The smallest absolute Gasteiger partial charge is 1.00 e. The first-order chi connectivity index (χ1) is 12.7. The third kappa shape index (κ3) is 5.07. The van der Waals surface area contributed by atoms with Crippen molar-refractivity contribution in [2.45, 2.75) is 19.3 Å². The van der Waals surface area contributed by atoms with Crippen molar-refractivity contribution in [3.05, 3.63) is 137 Å². The van der Waals surface area contributed by atoms with E-state index in [0.717, 1.165) is 0 Å². The molecule has 4 aromatic carbocycles. The molecular formula is C26H23Cl3Ti. The Balaban J connectivity index is 0.00000210. The van der Waals surface area contributed by atoms with E-state index >= 15 is 0 Å². The molecule has 0 radical (unpaired) electrons. The Morgan fingerprint density at radius 3 is 1.03 bits per heavy atom. The van der Waals surface area contributed by atoms with Gasteiger partial charge < -0.3 is 37.2 Å². The Hall–Kier alpha value is -1.41. The molecule has 30 heavy (non-hydrogen) atoms. The predicted octanol–water partition coefficient (Wildman–Crippen LogP) is -2.59.